The van der Waals surface area contributed by atoms with Crippen LogP contribution in [0.4, 0.5) is 4.79 Å². The van der Waals surface area contributed by atoms with Gasteiger partial charge >= 0.3 is 12.1 Å². The molecule has 2 N–H and O–H groups in total. The highest BCUT2D eigenvalue weighted by Gasteiger charge is 2.47. The van der Waals surface area contributed by atoms with E-state index in [1.165, 1.54) is 5.56 Å². The fourth-order valence-electron chi connectivity index (χ4n) is 6.61. The number of hydrogen-bond donors (Lipinski definition) is 2. The standard InChI is InChI=1S/C33H35N3O5/c37-30(38)24-14-17-36(21-24)31(39)33(15-18-35(19-16-33)20-23-8-2-1-3-9-23)34-32(40)41-22-29-27-12-6-4-10-25(27)26-11-5-7-13-28(26)29/h1-13,24,29H,14-22H2,(H,34,40)(H,37,38). The molecule has 8 heteroatoms. The first-order valence-electron chi connectivity index (χ1n) is 14.4. The molecule has 3 aliphatic rings. The number of carbonyl (C=O) groups is 3. The van der Waals surface area contributed by atoms with Gasteiger partial charge in [0.2, 0.25) is 5.91 Å². The van der Waals surface area contributed by atoms with Crippen molar-refractivity contribution in [3.05, 3.63) is 95.6 Å². The Labute approximate surface area is 239 Å². The normalized spacial score (nSPS) is 19.8. The Balaban J connectivity index is 1.16. The summed E-state index contributed by atoms with van der Waals surface area (Å²) in [7, 11) is 0. The summed E-state index contributed by atoms with van der Waals surface area (Å²) in [5.74, 6) is -1.77. The summed E-state index contributed by atoms with van der Waals surface area (Å²) in [6.45, 7) is 2.71. The topological polar surface area (TPSA) is 99.2 Å². The molecule has 6 rings (SSSR count). The summed E-state index contributed by atoms with van der Waals surface area (Å²) < 4.78 is 5.83. The number of nitrogens with zero attached hydrogens (tertiary/aromatic N) is 2. The number of benzene rings is 3. The van der Waals surface area contributed by atoms with Crippen molar-refractivity contribution in [1.29, 1.82) is 0 Å². The molecule has 0 radical (unpaired) electrons. The van der Waals surface area contributed by atoms with E-state index in [-0.39, 0.29) is 25.0 Å². The molecular weight excluding hydrogens is 518 g/mol. The highest BCUT2D eigenvalue weighted by molar-refractivity contribution is 5.91. The van der Waals surface area contributed by atoms with E-state index in [1.807, 2.05) is 42.5 Å². The Bertz CT molecular complexity index is 1390. The zero-order chi connectivity index (χ0) is 28.4. The van der Waals surface area contributed by atoms with Crippen LogP contribution >= 0.6 is 0 Å². The molecule has 2 saturated heterocycles. The maximum absolute atomic E-state index is 13.9. The van der Waals surface area contributed by atoms with Crippen molar-refractivity contribution in [3.8, 4) is 11.1 Å². The predicted octanol–water partition coefficient (Wildman–Crippen LogP) is 4.49. The molecule has 0 spiro atoms. The van der Waals surface area contributed by atoms with Crippen molar-refractivity contribution in [2.75, 3.05) is 32.8 Å². The number of nitrogens with one attached hydrogen (secondary N) is 1. The molecule has 2 heterocycles. The molecule has 8 nitrogen and oxygen atoms in total. The number of piperidine rings is 1. The molecule has 3 aromatic rings. The highest BCUT2D eigenvalue weighted by atomic mass is 16.5. The van der Waals surface area contributed by atoms with Crippen molar-refractivity contribution in [3.63, 3.8) is 0 Å². The van der Waals surface area contributed by atoms with Gasteiger partial charge in [-0.1, -0.05) is 78.9 Å². The van der Waals surface area contributed by atoms with Crippen LogP contribution in [0.1, 0.15) is 41.9 Å². The molecule has 2 aliphatic heterocycles. The Morgan fingerprint density at radius 3 is 2.07 bits per heavy atom. The minimum absolute atomic E-state index is 0.0811. The van der Waals surface area contributed by atoms with Crippen LogP contribution in [0.3, 0.4) is 0 Å². The average molecular weight is 554 g/mol. The number of aliphatic carboxylic acids is 1. The van der Waals surface area contributed by atoms with Crippen LogP contribution in [-0.2, 0) is 20.9 Å². The molecule has 0 bridgehead atoms. The van der Waals surface area contributed by atoms with Gasteiger partial charge in [0, 0.05) is 38.6 Å². The molecule has 1 unspecified atom stereocenters. The molecule has 41 heavy (non-hydrogen) atoms. The summed E-state index contributed by atoms with van der Waals surface area (Å²) in [6.07, 6.45) is 0.655. The van der Waals surface area contributed by atoms with Crippen LogP contribution in [0.25, 0.3) is 11.1 Å². The average Bonchev–Trinajstić information content (AvgIpc) is 3.61. The first kappa shape index (κ1) is 27.0. The second-order valence-corrected chi connectivity index (χ2v) is 11.4. The number of likely N-dealkylation sites (tertiary alicyclic amines) is 2. The van der Waals surface area contributed by atoms with Crippen molar-refractivity contribution >= 4 is 18.0 Å². The van der Waals surface area contributed by atoms with Crippen LogP contribution < -0.4 is 5.32 Å². The fraction of sp³-hybridized carbons (Fsp3) is 0.364. The van der Waals surface area contributed by atoms with E-state index < -0.39 is 23.5 Å². The second kappa shape index (κ2) is 11.4. The lowest BCUT2D eigenvalue weighted by atomic mass is 9.85. The summed E-state index contributed by atoms with van der Waals surface area (Å²) >= 11 is 0. The van der Waals surface area contributed by atoms with Gasteiger partial charge in [0.05, 0.1) is 5.92 Å². The number of carbonyl (C=O) groups excluding carboxylic acids is 2. The van der Waals surface area contributed by atoms with Gasteiger partial charge in [-0.2, -0.15) is 0 Å². The molecule has 0 aromatic heterocycles. The first-order valence-corrected chi connectivity index (χ1v) is 14.4. The van der Waals surface area contributed by atoms with Gasteiger partial charge in [0.1, 0.15) is 12.1 Å². The summed E-state index contributed by atoms with van der Waals surface area (Å²) in [5.41, 5.74) is 4.60. The summed E-state index contributed by atoms with van der Waals surface area (Å²) in [4.78, 5) is 42.7. The Hall–Kier alpha value is -4.17. The number of rotatable bonds is 7. The lowest BCUT2D eigenvalue weighted by molar-refractivity contribution is -0.142. The van der Waals surface area contributed by atoms with E-state index in [9.17, 15) is 19.5 Å². The van der Waals surface area contributed by atoms with Gasteiger partial charge in [0.25, 0.3) is 0 Å². The van der Waals surface area contributed by atoms with Crippen LogP contribution in [-0.4, -0.2) is 71.2 Å². The third-order valence-corrected chi connectivity index (χ3v) is 8.88. The smallest absolute Gasteiger partial charge is 0.408 e. The minimum Gasteiger partial charge on any atom is -0.481 e. The quantitative estimate of drug-likeness (QED) is 0.447. The number of carboxylic acid groups (broad SMARTS) is 1. The van der Waals surface area contributed by atoms with Gasteiger partial charge in [-0.3, -0.25) is 14.5 Å². The third kappa shape index (κ3) is 5.44. The lowest BCUT2D eigenvalue weighted by Crippen LogP contribution is -2.63. The number of fused-ring (bicyclic) bond motifs is 3. The van der Waals surface area contributed by atoms with Gasteiger partial charge < -0.3 is 20.1 Å². The highest BCUT2D eigenvalue weighted by Crippen LogP contribution is 2.44. The van der Waals surface area contributed by atoms with Gasteiger partial charge in [0.15, 0.2) is 0 Å². The van der Waals surface area contributed by atoms with Gasteiger partial charge in [-0.15, -0.1) is 0 Å². The maximum atomic E-state index is 13.9. The SMILES string of the molecule is O=C(NC1(C(=O)N2CCC(C(=O)O)C2)CCN(Cc2ccccc2)CC1)OCC1c2ccccc2-c2ccccc21. The minimum atomic E-state index is -1.14. The Kier molecular flexibility index (Phi) is 7.49. The molecule has 2 fully saturated rings. The van der Waals surface area contributed by atoms with Crippen molar-refractivity contribution in [2.45, 2.75) is 37.3 Å². The van der Waals surface area contributed by atoms with E-state index in [0.717, 1.165) is 28.8 Å². The number of carboxylic acids is 1. The Morgan fingerprint density at radius 2 is 1.46 bits per heavy atom. The van der Waals surface area contributed by atoms with Crippen molar-refractivity contribution in [1.82, 2.24) is 15.1 Å². The maximum Gasteiger partial charge on any atom is 0.408 e. The molecule has 1 atom stereocenters. The van der Waals surface area contributed by atoms with Crippen LogP contribution in [0.2, 0.25) is 0 Å². The zero-order valence-corrected chi connectivity index (χ0v) is 23.0. The van der Waals surface area contributed by atoms with Crippen molar-refractivity contribution in [2.24, 2.45) is 5.92 Å². The monoisotopic (exact) mass is 553 g/mol. The second-order valence-electron chi connectivity index (χ2n) is 11.4. The van der Waals surface area contributed by atoms with Crippen molar-refractivity contribution < 1.29 is 24.2 Å². The van der Waals surface area contributed by atoms with E-state index in [1.54, 1.807) is 4.90 Å². The Morgan fingerprint density at radius 1 is 0.854 bits per heavy atom. The van der Waals surface area contributed by atoms with E-state index in [4.69, 9.17) is 4.74 Å². The van der Waals surface area contributed by atoms with Crippen LogP contribution in [0, 0.1) is 5.92 Å². The summed E-state index contributed by atoms with van der Waals surface area (Å²) in [5, 5.41) is 12.5. The van der Waals surface area contributed by atoms with Gasteiger partial charge in [-0.05, 0) is 47.1 Å². The molecule has 2 amide bonds. The molecular formula is C33H35N3O5. The largest absolute Gasteiger partial charge is 0.481 e. The first-order chi connectivity index (χ1) is 19.9. The van der Waals surface area contributed by atoms with Crippen LogP contribution in [0.15, 0.2) is 78.9 Å². The molecule has 0 saturated carbocycles. The number of hydrogen-bond acceptors (Lipinski definition) is 5. The number of alkyl carbamates (subject to hydrolysis) is 1. The fourth-order valence-corrected chi connectivity index (χ4v) is 6.61. The van der Waals surface area contributed by atoms with E-state index in [0.29, 0.717) is 38.9 Å². The zero-order valence-electron chi connectivity index (χ0n) is 23.0. The van der Waals surface area contributed by atoms with Gasteiger partial charge in [-0.25, -0.2) is 4.79 Å². The van der Waals surface area contributed by atoms with E-state index >= 15 is 0 Å². The molecule has 1 aliphatic carbocycles. The van der Waals surface area contributed by atoms with E-state index in [2.05, 4.69) is 46.6 Å². The lowest BCUT2D eigenvalue weighted by Gasteiger charge is -2.42. The third-order valence-electron chi connectivity index (χ3n) is 8.88. The summed E-state index contributed by atoms with van der Waals surface area (Å²) in [6, 6.07) is 26.5. The molecule has 212 valence electrons. The van der Waals surface area contributed by atoms with Crippen LogP contribution in [0.5, 0.6) is 0 Å². The number of ether oxygens (including phenoxy) is 1. The predicted molar refractivity (Wildman–Crippen MR) is 154 cm³/mol. The number of amides is 2. The molecule has 3 aromatic carbocycles.